The molecule has 1 aliphatic rings. The topological polar surface area (TPSA) is 78.4 Å². The Balaban J connectivity index is 2.03. The van der Waals surface area contributed by atoms with E-state index in [1.807, 2.05) is 0 Å². The Kier molecular flexibility index (Phi) is 3.61. The lowest BCUT2D eigenvalue weighted by Crippen LogP contribution is -2.60. The van der Waals surface area contributed by atoms with Crippen LogP contribution < -0.4 is 10.6 Å². The lowest BCUT2D eigenvalue weighted by atomic mass is 9.77. The van der Waals surface area contributed by atoms with E-state index in [4.69, 9.17) is 16.7 Å². The molecule has 0 aromatic heterocycles. The molecule has 1 fully saturated rings. The zero-order valence-electron chi connectivity index (χ0n) is 9.87. The van der Waals surface area contributed by atoms with Crippen LogP contribution in [-0.2, 0) is 4.79 Å². The summed E-state index contributed by atoms with van der Waals surface area (Å²) in [5, 5.41) is 14.0. The molecule has 7 heteroatoms. The Labute approximate surface area is 113 Å². The van der Waals surface area contributed by atoms with E-state index in [9.17, 15) is 14.0 Å². The highest BCUT2D eigenvalue weighted by molar-refractivity contribution is 6.30. The zero-order valence-corrected chi connectivity index (χ0v) is 10.6. The molecule has 0 unspecified atom stereocenters. The summed E-state index contributed by atoms with van der Waals surface area (Å²) >= 11 is 5.65. The van der Waals surface area contributed by atoms with Gasteiger partial charge >= 0.3 is 12.0 Å². The molecule has 19 heavy (non-hydrogen) atoms. The highest BCUT2D eigenvalue weighted by Gasteiger charge is 2.45. The van der Waals surface area contributed by atoms with Crippen molar-refractivity contribution in [3.05, 3.63) is 29.0 Å². The molecule has 0 heterocycles. The van der Waals surface area contributed by atoms with E-state index in [0.29, 0.717) is 12.8 Å². The van der Waals surface area contributed by atoms with Crippen LogP contribution in [0.25, 0.3) is 0 Å². The van der Waals surface area contributed by atoms with Gasteiger partial charge in [0.15, 0.2) is 0 Å². The molecule has 1 aromatic rings. The van der Waals surface area contributed by atoms with Gasteiger partial charge in [-0.25, -0.2) is 14.0 Å². The number of urea groups is 1. The quantitative estimate of drug-likeness (QED) is 0.799. The molecule has 2 amide bonds. The summed E-state index contributed by atoms with van der Waals surface area (Å²) in [7, 11) is 0. The van der Waals surface area contributed by atoms with Gasteiger partial charge in [-0.3, -0.25) is 0 Å². The van der Waals surface area contributed by atoms with Crippen molar-refractivity contribution in [1.29, 1.82) is 0 Å². The van der Waals surface area contributed by atoms with Gasteiger partial charge in [0.25, 0.3) is 0 Å². The van der Waals surface area contributed by atoms with Crippen LogP contribution in [0.5, 0.6) is 0 Å². The average Bonchev–Trinajstić information content (AvgIpc) is 2.21. The number of carbonyl (C=O) groups excluding carboxylic acids is 1. The summed E-state index contributed by atoms with van der Waals surface area (Å²) in [5.74, 6) is -1.65. The van der Waals surface area contributed by atoms with Gasteiger partial charge < -0.3 is 15.7 Å². The van der Waals surface area contributed by atoms with Gasteiger partial charge in [-0.2, -0.15) is 0 Å². The maximum absolute atomic E-state index is 13.1. The van der Waals surface area contributed by atoms with Gasteiger partial charge in [-0.15, -0.1) is 0 Å². The average molecular weight is 287 g/mol. The first-order valence-corrected chi connectivity index (χ1v) is 6.08. The van der Waals surface area contributed by atoms with Crippen molar-refractivity contribution < 1.29 is 19.1 Å². The second-order valence-corrected chi connectivity index (χ2v) is 4.91. The second kappa shape index (κ2) is 5.05. The molecule has 0 atom stereocenters. The number of hydrogen-bond acceptors (Lipinski definition) is 2. The molecular weight excluding hydrogens is 275 g/mol. The Hall–Kier alpha value is -1.82. The molecule has 0 saturated heterocycles. The van der Waals surface area contributed by atoms with E-state index in [2.05, 4.69) is 10.6 Å². The van der Waals surface area contributed by atoms with Gasteiger partial charge in [-0.1, -0.05) is 11.6 Å². The van der Waals surface area contributed by atoms with Crippen LogP contribution in [-0.4, -0.2) is 22.6 Å². The number of hydrogen-bond donors (Lipinski definition) is 3. The Morgan fingerprint density at radius 3 is 2.47 bits per heavy atom. The van der Waals surface area contributed by atoms with E-state index in [1.165, 1.54) is 6.07 Å². The number of anilines is 1. The standard InChI is InChI=1S/C12H12ClFN2O3/c13-7-4-8(14)6-9(5-7)15-11(19)16-12(10(17)18)2-1-3-12/h4-6H,1-3H2,(H,17,18)(H2,15,16,19). The van der Waals surface area contributed by atoms with Crippen LogP contribution >= 0.6 is 11.6 Å². The fraction of sp³-hybridized carbons (Fsp3) is 0.333. The van der Waals surface area contributed by atoms with Crippen molar-refractivity contribution in [1.82, 2.24) is 5.32 Å². The van der Waals surface area contributed by atoms with Gasteiger partial charge in [0.05, 0.1) is 0 Å². The van der Waals surface area contributed by atoms with E-state index in [-0.39, 0.29) is 10.7 Å². The fourth-order valence-electron chi connectivity index (χ4n) is 1.93. The summed E-state index contributed by atoms with van der Waals surface area (Å²) in [6.07, 6.45) is 1.53. The van der Waals surface area contributed by atoms with Gasteiger partial charge in [0.2, 0.25) is 0 Å². The Morgan fingerprint density at radius 1 is 1.32 bits per heavy atom. The normalized spacial score (nSPS) is 16.3. The lowest BCUT2D eigenvalue weighted by Gasteiger charge is -2.38. The molecular formula is C12H12ClFN2O3. The van der Waals surface area contributed by atoms with Crippen LogP contribution in [0.2, 0.25) is 5.02 Å². The van der Waals surface area contributed by atoms with Crippen LogP contribution in [0, 0.1) is 5.82 Å². The first kappa shape index (κ1) is 13.6. The summed E-state index contributed by atoms with van der Waals surface area (Å²) in [6.45, 7) is 0. The fourth-order valence-corrected chi connectivity index (χ4v) is 2.15. The highest BCUT2D eigenvalue weighted by Crippen LogP contribution is 2.32. The lowest BCUT2D eigenvalue weighted by molar-refractivity contribution is -0.148. The minimum atomic E-state index is -1.21. The minimum Gasteiger partial charge on any atom is -0.480 e. The van der Waals surface area contributed by atoms with E-state index in [1.54, 1.807) is 0 Å². The molecule has 102 valence electrons. The monoisotopic (exact) mass is 286 g/mol. The number of benzene rings is 1. The molecule has 2 rings (SSSR count). The number of carboxylic acid groups (broad SMARTS) is 1. The van der Waals surface area contributed by atoms with Crippen LogP contribution in [0.4, 0.5) is 14.9 Å². The molecule has 5 nitrogen and oxygen atoms in total. The molecule has 0 aliphatic heterocycles. The van der Waals surface area contributed by atoms with E-state index >= 15 is 0 Å². The molecule has 1 aromatic carbocycles. The van der Waals surface area contributed by atoms with Crippen molar-refractivity contribution in [3.8, 4) is 0 Å². The minimum absolute atomic E-state index is 0.145. The number of amides is 2. The summed E-state index contributed by atoms with van der Waals surface area (Å²) < 4.78 is 13.1. The maximum Gasteiger partial charge on any atom is 0.329 e. The molecule has 1 aliphatic carbocycles. The van der Waals surface area contributed by atoms with E-state index < -0.39 is 23.4 Å². The Morgan fingerprint density at radius 2 is 2.00 bits per heavy atom. The smallest absolute Gasteiger partial charge is 0.329 e. The molecule has 0 bridgehead atoms. The first-order chi connectivity index (χ1) is 8.91. The molecule has 0 spiro atoms. The van der Waals surface area contributed by atoms with Gasteiger partial charge in [0.1, 0.15) is 11.4 Å². The van der Waals surface area contributed by atoms with Crippen LogP contribution in [0.1, 0.15) is 19.3 Å². The number of nitrogens with one attached hydrogen (secondary N) is 2. The van der Waals surface area contributed by atoms with Crippen molar-refractivity contribution in [2.24, 2.45) is 0 Å². The number of rotatable bonds is 3. The predicted octanol–water partition coefficient (Wildman–Crippen LogP) is 2.61. The largest absolute Gasteiger partial charge is 0.480 e. The number of carboxylic acids is 1. The second-order valence-electron chi connectivity index (χ2n) is 4.48. The zero-order chi connectivity index (χ0) is 14.0. The summed E-state index contributed by atoms with van der Waals surface area (Å²) in [5.41, 5.74) is -1.04. The Bertz CT molecular complexity index is 511. The summed E-state index contributed by atoms with van der Waals surface area (Å²) in [6, 6.07) is 2.89. The van der Waals surface area contributed by atoms with Crippen molar-refractivity contribution in [3.63, 3.8) is 0 Å². The summed E-state index contributed by atoms with van der Waals surface area (Å²) in [4.78, 5) is 22.8. The van der Waals surface area contributed by atoms with Crippen molar-refractivity contribution in [2.75, 3.05) is 5.32 Å². The molecule has 1 saturated carbocycles. The van der Waals surface area contributed by atoms with Gasteiger partial charge in [-0.05, 0) is 37.5 Å². The molecule has 0 radical (unpaired) electrons. The van der Waals surface area contributed by atoms with Crippen molar-refractivity contribution in [2.45, 2.75) is 24.8 Å². The maximum atomic E-state index is 13.1. The SMILES string of the molecule is O=C(Nc1cc(F)cc(Cl)c1)NC1(C(=O)O)CCC1. The number of aliphatic carboxylic acids is 1. The third-order valence-electron chi connectivity index (χ3n) is 3.09. The predicted molar refractivity (Wildman–Crippen MR) is 67.8 cm³/mol. The van der Waals surface area contributed by atoms with Gasteiger partial charge in [0, 0.05) is 10.7 Å². The number of carbonyl (C=O) groups is 2. The highest BCUT2D eigenvalue weighted by atomic mass is 35.5. The van der Waals surface area contributed by atoms with Crippen molar-refractivity contribution >= 4 is 29.3 Å². The first-order valence-electron chi connectivity index (χ1n) is 5.70. The van der Waals surface area contributed by atoms with Crippen LogP contribution in [0.3, 0.4) is 0 Å². The third-order valence-corrected chi connectivity index (χ3v) is 3.31. The molecule has 3 N–H and O–H groups in total. The van der Waals surface area contributed by atoms with Crippen LogP contribution in [0.15, 0.2) is 18.2 Å². The third kappa shape index (κ3) is 2.96. The van der Waals surface area contributed by atoms with E-state index in [0.717, 1.165) is 18.6 Å². The number of halogens is 2.